The van der Waals surface area contributed by atoms with Crippen LogP contribution >= 0.6 is 15.9 Å². The molecule has 0 unspecified atom stereocenters. The van der Waals surface area contributed by atoms with Crippen molar-refractivity contribution in [2.45, 2.75) is 6.54 Å². The molecule has 0 saturated heterocycles. The van der Waals surface area contributed by atoms with E-state index in [0.717, 1.165) is 21.3 Å². The van der Waals surface area contributed by atoms with Crippen molar-refractivity contribution in [3.63, 3.8) is 0 Å². The van der Waals surface area contributed by atoms with Crippen LogP contribution in [-0.2, 0) is 6.54 Å². The van der Waals surface area contributed by atoms with Gasteiger partial charge in [-0.1, -0.05) is 58.4 Å². The Kier molecular flexibility index (Phi) is 4.57. The minimum Gasteiger partial charge on any atom is -0.336 e. The highest BCUT2D eigenvalue weighted by molar-refractivity contribution is 9.10. The van der Waals surface area contributed by atoms with Gasteiger partial charge in [0, 0.05) is 23.6 Å². The summed E-state index contributed by atoms with van der Waals surface area (Å²) in [6, 6.07) is 19.5. The molecule has 4 nitrogen and oxygen atoms in total. The summed E-state index contributed by atoms with van der Waals surface area (Å²) >= 11 is 3.41. The first kappa shape index (κ1) is 15.5. The molecule has 1 heterocycles. The quantitative estimate of drug-likeness (QED) is 0.751. The lowest BCUT2D eigenvalue weighted by Crippen LogP contribution is -2.26. The summed E-state index contributed by atoms with van der Waals surface area (Å²) in [5.41, 5.74) is 3.31. The summed E-state index contributed by atoms with van der Waals surface area (Å²) in [5.74, 6) is -0.0790. The number of hydrogen-bond donors (Lipinski definition) is 1. The highest BCUT2D eigenvalue weighted by Gasteiger charge is 2.15. The fourth-order valence-corrected chi connectivity index (χ4v) is 2.60. The fourth-order valence-electron chi connectivity index (χ4n) is 2.33. The summed E-state index contributed by atoms with van der Waals surface area (Å²) in [5, 5.41) is 7.07. The van der Waals surface area contributed by atoms with Gasteiger partial charge in [-0.05, 0) is 23.8 Å². The molecule has 0 fully saturated rings. The van der Waals surface area contributed by atoms with E-state index in [4.69, 9.17) is 0 Å². The third kappa shape index (κ3) is 3.68. The van der Waals surface area contributed by atoms with Gasteiger partial charge < -0.3 is 4.90 Å². The van der Waals surface area contributed by atoms with Crippen LogP contribution in [0.4, 0.5) is 0 Å². The van der Waals surface area contributed by atoms with Crippen molar-refractivity contribution in [1.82, 2.24) is 15.1 Å². The highest BCUT2D eigenvalue weighted by atomic mass is 79.9. The summed E-state index contributed by atoms with van der Waals surface area (Å²) in [6.07, 6.45) is 0. The normalized spacial score (nSPS) is 10.5. The van der Waals surface area contributed by atoms with Crippen LogP contribution in [0.5, 0.6) is 0 Å². The van der Waals surface area contributed by atoms with Crippen LogP contribution in [0.25, 0.3) is 11.3 Å². The van der Waals surface area contributed by atoms with Crippen molar-refractivity contribution >= 4 is 21.8 Å². The number of aromatic nitrogens is 2. The van der Waals surface area contributed by atoms with Crippen LogP contribution in [0.15, 0.2) is 65.1 Å². The van der Waals surface area contributed by atoms with E-state index in [1.54, 1.807) is 18.0 Å². The lowest BCUT2D eigenvalue weighted by Gasteiger charge is -2.16. The molecule has 0 aliphatic rings. The second-order valence-corrected chi connectivity index (χ2v) is 6.24. The average Bonchev–Trinajstić information content (AvgIpc) is 3.05. The van der Waals surface area contributed by atoms with E-state index in [9.17, 15) is 4.79 Å². The fraction of sp³-hybridized carbons (Fsp3) is 0.111. The molecule has 0 aliphatic carbocycles. The first-order valence-corrected chi connectivity index (χ1v) is 8.03. The van der Waals surface area contributed by atoms with Gasteiger partial charge in [0.15, 0.2) is 0 Å². The summed E-state index contributed by atoms with van der Waals surface area (Å²) in [7, 11) is 1.79. The Hall–Kier alpha value is -2.40. The highest BCUT2D eigenvalue weighted by Crippen LogP contribution is 2.21. The maximum atomic E-state index is 12.5. The lowest BCUT2D eigenvalue weighted by molar-refractivity contribution is 0.0779. The van der Waals surface area contributed by atoms with Crippen LogP contribution in [0.1, 0.15) is 16.1 Å². The number of aromatic amines is 1. The Morgan fingerprint density at radius 3 is 2.52 bits per heavy atom. The van der Waals surface area contributed by atoms with Crippen molar-refractivity contribution in [3.8, 4) is 11.3 Å². The summed E-state index contributed by atoms with van der Waals surface area (Å²) in [6.45, 7) is 0.562. The summed E-state index contributed by atoms with van der Waals surface area (Å²) in [4.78, 5) is 14.2. The minimum absolute atomic E-state index is 0.0790. The van der Waals surface area contributed by atoms with Gasteiger partial charge in [-0.25, -0.2) is 0 Å². The molecular formula is C18H16BrN3O. The molecule has 3 rings (SSSR count). The number of amides is 1. The largest absolute Gasteiger partial charge is 0.336 e. The molecule has 2 aromatic carbocycles. The molecule has 1 aromatic heterocycles. The van der Waals surface area contributed by atoms with Crippen molar-refractivity contribution < 1.29 is 4.79 Å². The van der Waals surface area contributed by atoms with Crippen LogP contribution in [0.2, 0.25) is 0 Å². The predicted molar refractivity (Wildman–Crippen MR) is 94.0 cm³/mol. The molecule has 5 heteroatoms. The van der Waals surface area contributed by atoms with Crippen molar-refractivity contribution in [3.05, 3.63) is 76.4 Å². The van der Waals surface area contributed by atoms with Gasteiger partial charge in [-0.3, -0.25) is 9.89 Å². The third-order valence-corrected chi connectivity index (χ3v) is 4.09. The topological polar surface area (TPSA) is 49.0 Å². The van der Waals surface area contributed by atoms with E-state index < -0.39 is 0 Å². The van der Waals surface area contributed by atoms with Gasteiger partial charge in [0.2, 0.25) is 0 Å². The van der Waals surface area contributed by atoms with Gasteiger partial charge >= 0.3 is 0 Å². The van der Waals surface area contributed by atoms with Crippen molar-refractivity contribution in [1.29, 1.82) is 0 Å². The van der Waals surface area contributed by atoms with Crippen LogP contribution in [0, 0.1) is 0 Å². The molecular weight excluding hydrogens is 354 g/mol. The Bertz CT molecular complexity index is 797. The van der Waals surface area contributed by atoms with Gasteiger partial charge in [-0.15, -0.1) is 0 Å². The van der Waals surface area contributed by atoms with E-state index in [0.29, 0.717) is 12.2 Å². The zero-order valence-corrected chi connectivity index (χ0v) is 14.2. The number of hydrogen-bond acceptors (Lipinski definition) is 2. The Morgan fingerprint density at radius 1 is 1.13 bits per heavy atom. The zero-order valence-electron chi connectivity index (χ0n) is 12.7. The van der Waals surface area contributed by atoms with E-state index >= 15 is 0 Å². The summed E-state index contributed by atoms with van der Waals surface area (Å²) < 4.78 is 1.01. The van der Waals surface area contributed by atoms with Crippen molar-refractivity contribution in [2.24, 2.45) is 0 Å². The molecule has 3 aromatic rings. The molecule has 1 N–H and O–H groups in total. The van der Waals surface area contributed by atoms with E-state index in [2.05, 4.69) is 26.1 Å². The van der Waals surface area contributed by atoms with Gasteiger partial charge in [0.05, 0.1) is 5.69 Å². The molecule has 0 aliphatic heterocycles. The first-order valence-electron chi connectivity index (χ1n) is 7.24. The number of H-pyrrole nitrogens is 1. The molecule has 0 radical (unpaired) electrons. The maximum Gasteiger partial charge on any atom is 0.271 e. The average molecular weight is 370 g/mol. The molecule has 23 heavy (non-hydrogen) atoms. The second-order valence-electron chi connectivity index (χ2n) is 5.32. The van der Waals surface area contributed by atoms with Gasteiger partial charge in [0.25, 0.3) is 5.91 Å². The van der Waals surface area contributed by atoms with Gasteiger partial charge in [-0.2, -0.15) is 5.10 Å². The minimum atomic E-state index is -0.0790. The van der Waals surface area contributed by atoms with E-state index in [1.807, 2.05) is 54.6 Å². The predicted octanol–water partition coefficient (Wildman–Crippen LogP) is 4.11. The SMILES string of the molecule is CN(Cc1ccccc1)C(=O)c1cc(-c2ccc(Br)cc2)n[nH]1. The standard InChI is InChI=1S/C18H16BrN3O/c1-22(12-13-5-3-2-4-6-13)18(23)17-11-16(20-21-17)14-7-9-15(19)10-8-14/h2-11H,12H2,1H3,(H,20,21). The van der Waals surface area contributed by atoms with Crippen LogP contribution < -0.4 is 0 Å². The number of nitrogens with zero attached hydrogens (tertiary/aromatic N) is 2. The second kappa shape index (κ2) is 6.79. The Balaban J connectivity index is 1.74. The molecule has 116 valence electrons. The van der Waals surface area contributed by atoms with E-state index in [1.165, 1.54) is 0 Å². The third-order valence-electron chi connectivity index (χ3n) is 3.56. The van der Waals surface area contributed by atoms with Crippen LogP contribution in [-0.4, -0.2) is 28.1 Å². The van der Waals surface area contributed by atoms with Crippen molar-refractivity contribution in [2.75, 3.05) is 7.05 Å². The number of benzene rings is 2. The molecule has 0 atom stereocenters. The Morgan fingerprint density at radius 2 is 1.83 bits per heavy atom. The monoisotopic (exact) mass is 369 g/mol. The lowest BCUT2D eigenvalue weighted by atomic mass is 10.1. The molecule has 1 amide bonds. The van der Waals surface area contributed by atoms with Gasteiger partial charge in [0.1, 0.15) is 5.69 Å². The Labute approximate surface area is 143 Å². The maximum absolute atomic E-state index is 12.5. The first-order chi connectivity index (χ1) is 11.1. The number of carbonyl (C=O) groups is 1. The number of rotatable bonds is 4. The van der Waals surface area contributed by atoms with Crippen LogP contribution in [0.3, 0.4) is 0 Å². The molecule has 0 spiro atoms. The number of nitrogens with one attached hydrogen (secondary N) is 1. The van der Waals surface area contributed by atoms with E-state index in [-0.39, 0.29) is 5.91 Å². The number of halogens is 1. The molecule has 0 saturated carbocycles. The number of carbonyl (C=O) groups excluding carboxylic acids is 1. The molecule has 0 bridgehead atoms. The zero-order chi connectivity index (χ0) is 16.2. The smallest absolute Gasteiger partial charge is 0.271 e.